The lowest BCUT2D eigenvalue weighted by Gasteiger charge is -2.33. The molecule has 2 aliphatic heterocycles. The zero-order chi connectivity index (χ0) is 23.7. The average Bonchev–Trinajstić information content (AvgIpc) is 3.28. The Labute approximate surface area is 196 Å². The highest BCUT2D eigenvalue weighted by Gasteiger charge is 2.47. The summed E-state index contributed by atoms with van der Waals surface area (Å²) in [4.78, 5) is 16.2. The standard InChI is InChI=1S/C25H26F3N5O/c26-25(27,28)22-15-20(19-9-5-2-6-10-19)29-23-16-21(30-33(22)23)24(34)32-13-11-31(12-14-32)17-18-7-3-1-4-8-18/h1-10,16,20,22,29H,11-15,17H2/p+1/t20-,22+/m0/s1. The molecule has 5 rings (SSSR count). The van der Waals surface area contributed by atoms with Gasteiger partial charge in [-0.05, 0) is 5.56 Å². The van der Waals surface area contributed by atoms with Crippen molar-refractivity contribution in [1.82, 2.24) is 14.7 Å². The molecule has 1 aromatic heterocycles. The van der Waals surface area contributed by atoms with E-state index in [2.05, 4.69) is 22.5 Å². The van der Waals surface area contributed by atoms with Crippen LogP contribution in [0.5, 0.6) is 0 Å². The van der Waals surface area contributed by atoms with Crippen molar-refractivity contribution in [2.45, 2.75) is 31.2 Å². The first-order valence-electron chi connectivity index (χ1n) is 11.5. The number of benzene rings is 2. The SMILES string of the molecule is O=C(c1cc2n(n1)[C@@H](C(F)(F)F)C[C@@H](c1ccccc1)N2)N1CC[NH+](Cc2ccccc2)CC1. The molecule has 2 N–H and O–H groups in total. The van der Waals surface area contributed by atoms with Crippen LogP contribution in [0.15, 0.2) is 66.7 Å². The Morgan fingerprint density at radius 1 is 1.03 bits per heavy atom. The van der Waals surface area contributed by atoms with Crippen molar-refractivity contribution in [1.29, 1.82) is 0 Å². The summed E-state index contributed by atoms with van der Waals surface area (Å²) in [5, 5.41) is 7.28. The molecule has 0 saturated carbocycles. The number of hydrogen-bond donors (Lipinski definition) is 2. The van der Waals surface area contributed by atoms with Gasteiger partial charge in [-0.1, -0.05) is 60.7 Å². The number of nitrogens with zero attached hydrogens (tertiary/aromatic N) is 3. The molecule has 2 aromatic carbocycles. The van der Waals surface area contributed by atoms with E-state index in [0.29, 0.717) is 13.1 Å². The fourth-order valence-electron chi connectivity index (χ4n) is 4.83. The Morgan fingerprint density at radius 2 is 1.68 bits per heavy atom. The Balaban J connectivity index is 1.30. The Kier molecular flexibility index (Phi) is 6.03. The van der Waals surface area contributed by atoms with Gasteiger partial charge < -0.3 is 15.1 Å². The van der Waals surface area contributed by atoms with E-state index in [0.717, 1.165) is 29.9 Å². The lowest BCUT2D eigenvalue weighted by molar-refractivity contribution is -0.917. The van der Waals surface area contributed by atoms with Crippen molar-refractivity contribution in [3.05, 3.63) is 83.6 Å². The van der Waals surface area contributed by atoms with Crippen molar-refractivity contribution < 1.29 is 22.9 Å². The smallest absolute Gasteiger partial charge is 0.363 e. The minimum absolute atomic E-state index is 0.0528. The highest BCUT2D eigenvalue weighted by Crippen LogP contribution is 2.43. The molecule has 178 valence electrons. The van der Waals surface area contributed by atoms with Crippen LogP contribution in [0.2, 0.25) is 0 Å². The molecule has 1 saturated heterocycles. The van der Waals surface area contributed by atoms with Gasteiger partial charge in [0.15, 0.2) is 11.7 Å². The molecule has 2 aliphatic rings. The zero-order valence-corrected chi connectivity index (χ0v) is 18.6. The van der Waals surface area contributed by atoms with Crippen LogP contribution in [0.4, 0.5) is 19.0 Å². The lowest BCUT2D eigenvalue weighted by atomic mass is 9.97. The third-order valence-electron chi connectivity index (χ3n) is 6.67. The van der Waals surface area contributed by atoms with Crippen molar-refractivity contribution in [2.75, 3.05) is 31.5 Å². The quantitative estimate of drug-likeness (QED) is 0.616. The number of quaternary nitrogens is 1. The Hall–Kier alpha value is -3.33. The van der Waals surface area contributed by atoms with Gasteiger partial charge in [-0.25, -0.2) is 4.68 Å². The van der Waals surface area contributed by atoms with Crippen LogP contribution >= 0.6 is 0 Å². The first-order valence-corrected chi connectivity index (χ1v) is 11.5. The molecule has 0 aliphatic carbocycles. The molecule has 3 heterocycles. The number of halogens is 3. The van der Waals surface area contributed by atoms with E-state index in [1.165, 1.54) is 16.5 Å². The number of rotatable bonds is 4. The maximum absolute atomic E-state index is 13.9. The molecule has 6 nitrogen and oxygen atoms in total. The van der Waals surface area contributed by atoms with Crippen molar-refractivity contribution in [3.8, 4) is 0 Å². The Bertz CT molecular complexity index is 1120. The van der Waals surface area contributed by atoms with Crippen molar-refractivity contribution in [3.63, 3.8) is 0 Å². The number of alkyl halides is 3. The number of nitrogens with one attached hydrogen (secondary N) is 2. The Morgan fingerprint density at radius 3 is 2.32 bits per heavy atom. The van der Waals surface area contributed by atoms with Crippen LogP contribution in [0, 0.1) is 0 Å². The second-order valence-electron chi connectivity index (χ2n) is 8.96. The molecule has 0 radical (unpaired) electrons. The molecule has 1 fully saturated rings. The highest BCUT2D eigenvalue weighted by molar-refractivity contribution is 5.93. The summed E-state index contributed by atoms with van der Waals surface area (Å²) >= 11 is 0. The molecule has 1 amide bonds. The zero-order valence-electron chi connectivity index (χ0n) is 18.6. The fourth-order valence-corrected chi connectivity index (χ4v) is 4.83. The summed E-state index contributed by atoms with van der Waals surface area (Å²) in [6, 6.07) is 18.4. The minimum Gasteiger partial charge on any atom is -0.363 e. The van der Waals surface area contributed by atoms with Gasteiger partial charge in [-0.2, -0.15) is 18.3 Å². The maximum Gasteiger partial charge on any atom is 0.410 e. The van der Waals surface area contributed by atoms with E-state index < -0.39 is 18.3 Å². The summed E-state index contributed by atoms with van der Waals surface area (Å²) in [5.41, 5.74) is 2.07. The molecular weight excluding hydrogens is 443 g/mol. The van der Waals surface area contributed by atoms with Gasteiger partial charge >= 0.3 is 6.18 Å². The summed E-state index contributed by atoms with van der Waals surface area (Å²) in [6.07, 6.45) is -4.65. The normalized spacial score (nSPS) is 21.1. The first-order chi connectivity index (χ1) is 16.4. The highest BCUT2D eigenvalue weighted by atomic mass is 19.4. The second kappa shape index (κ2) is 9.13. The molecule has 34 heavy (non-hydrogen) atoms. The topological polar surface area (TPSA) is 54.6 Å². The van der Waals surface area contributed by atoms with E-state index >= 15 is 0 Å². The summed E-state index contributed by atoms with van der Waals surface area (Å²) in [7, 11) is 0. The van der Waals surface area contributed by atoms with Gasteiger partial charge in [0.05, 0.1) is 32.2 Å². The predicted octanol–water partition coefficient (Wildman–Crippen LogP) is 3.08. The van der Waals surface area contributed by atoms with E-state index in [1.54, 1.807) is 29.2 Å². The molecule has 0 spiro atoms. The summed E-state index contributed by atoms with van der Waals surface area (Å²) in [6.45, 7) is 3.55. The van der Waals surface area contributed by atoms with Crippen LogP contribution < -0.4 is 10.2 Å². The number of carbonyl (C=O) groups excluding carboxylic acids is 1. The van der Waals surface area contributed by atoms with Crippen LogP contribution in [0.25, 0.3) is 0 Å². The van der Waals surface area contributed by atoms with E-state index in [1.807, 2.05) is 24.3 Å². The number of aromatic nitrogens is 2. The number of piperazine rings is 1. The van der Waals surface area contributed by atoms with Gasteiger partial charge in [-0.15, -0.1) is 0 Å². The van der Waals surface area contributed by atoms with Crippen molar-refractivity contribution >= 4 is 11.7 Å². The van der Waals surface area contributed by atoms with Crippen LogP contribution in [-0.4, -0.2) is 52.9 Å². The third-order valence-corrected chi connectivity index (χ3v) is 6.67. The minimum atomic E-state index is -4.47. The number of fused-ring (bicyclic) bond motifs is 1. The van der Waals surface area contributed by atoms with E-state index in [9.17, 15) is 18.0 Å². The summed E-state index contributed by atoms with van der Waals surface area (Å²) in [5.74, 6) is -0.0984. The fraction of sp³-hybridized carbons (Fsp3) is 0.360. The van der Waals surface area contributed by atoms with E-state index in [-0.39, 0.29) is 23.8 Å². The average molecular weight is 471 g/mol. The van der Waals surface area contributed by atoms with Crippen LogP contribution in [-0.2, 0) is 6.54 Å². The largest absolute Gasteiger partial charge is 0.410 e. The van der Waals surface area contributed by atoms with Gasteiger partial charge in [0, 0.05) is 18.1 Å². The van der Waals surface area contributed by atoms with Gasteiger partial charge in [0.2, 0.25) is 0 Å². The maximum atomic E-state index is 13.9. The van der Waals surface area contributed by atoms with Crippen LogP contribution in [0.3, 0.4) is 0 Å². The molecule has 3 aromatic rings. The van der Waals surface area contributed by atoms with Crippen molar-refractivity contribution in [2.24, 2.45) is 0 Å². The monoisotopic (exact) mass is 470 g/mol. The number of anilines is 1. The molecule has 0 bridgehead atoms. The lowest BCUT2D eigenvalue weighted by Crippen LogP contribution is -3.13. The number of hydrogen-bond acceptors (Lipinski definition) is 3. The summed E-state index contributed by atoms with van der Waals surface area (Å²) < 4.78 is 42.7. The predicted molar refractivity (Wildman–Crippen MR) is 121 cm³/mol. The van der Waals surface area contributed by atoms with E-state index in [4.69, 9.17) is 0 Å². The van der Waals surface area contributed by atoms with Crippen LogP contribution in [0.1, 0.15) is 40.1 Å². The van der Waals surface area contributed by atoms with Gasteiger partial charge in [0.1, 0.15) is 12.4 Å². The number of amides is 1. The third kappa shape index (κ3) is 4.65. The molecule has 2 atom stereocenters. The molecule has 0 unspecified atom stereocenters. The number of carbonyl (C=O) groups is 1. The molecular formula is C25H27F3N5O+. The first kappa shape index (κ1) is 22.5. The van der Waals surface area contributed by atoms with Gasteiger partial charge in [-0.3, -0.25) is 4.79 Å². The van der Waals surface area contributed by atoms with Gasteiger partial charge in [0.25, 0.3) is 5.91 Å². The molecule has 9 heteroatoms. The second-order valence-corrected chi connectivity index (χ2v) is 8.96.